The number of fused-ring (bicyclic) bond motifs is 1. The van der Waals surface area contributed by atoms with Gasteiger partial charge in [-0.25, -0.2) is 9.67 Å². The molecule has 1 saturated heterocycles. The molecule has 0 unspecified atom stereocenters. The lowest BCUT2D eigenvalue weighted by atomic mass is 9.97. The van der Waals surface area contributed by atoms with Gasteiger partial charge >= 0.3 is 0 Å². The minimum Gasteiger partial charge on any atom is -0.346 e. The van der Waals surface area contributed by atoms with Gasteiger partial charge in [0.2, 0.25) is 5.13 Å². The third-order valence-corrected chi connectivity index (χ3v) is 5.32. The number of aromatic nitrogens is 4. The van der Waals surface area contributed by atoms with Gasteiger partial charge in [-0.15, -0.1) is 0 Å². The van der Waals surface area contributed by atoms with Crippen molar-refractivity contribution in [2.75, 3.05) is 18.0 Å². The Labute approximate surface area is 133 Å². The van der Waals surface area contributed by atoms with Crippen LogP contribution in [-0.4, -0.2) is 32.2 Å². The highest BCUT2D eigenvalue weighted by molar-refractivity contribution is 7.09. The zero-order chi connectivity index (χ0) is 15.1. The molecule has 1 aliphatic heterocycles. The molecule has 7 heteroatoms. The van der Waals surface area contributed by atoms with Gasteiger partial charge in [0.15, 0.2) is 0 Å². The van der Waals surface area contributed by atoms with Crippen molar-refractivity contribution < 1.29 is 0 Å². The van der Waals surface area contributed by atoms with Crippen LogP contribution in [0.3, 0.4) is 0 Å². The lowest BCUT2D eigenvalue weighted by Gasteiger charge is -2.38. The maximum Gasteiger partial charge on any atom is 0.267 e. The Morgan fingerprint density at radius 1 is 1.32 bits per heavy atom. The van der Waals surface area contributed by atoms with Crippen molar-refractivity contribution >= 4 is 16.7 Å². The predicted molar refractivity (Wildman–Crippen MR) is 85.5 cm³/mol. The molecule has 2 aromatic rings. The van der Waals surface area contributed by atoms with Crippen molar-refractivity contribution in [3.63, 3.8) is 0 Å². The van der Waals surface area contributed by atoms with Gasteiger partial charge < -0.3 is 4.90 Å². The molecule has 3 heterocycles. The summed E-state index contributed by atoms with van der Waals surface area (Å²) in [5, 5.41) is 5.58. The molecule has 1 fully saturated rings. The minimum absolute atomic E-state index is 0.0471. The molecule has 116 valence electrons. The van der Waals surface area contributed by atoms with Crippen LogP contribution in [0.25, 0.3) is 0 Å². The second-order valence-corrected chi connectivity index (χ2v) is 6.97. The average Bonchev–Trinajstić information content (AvgIpc) is 2.88. The molecule has 0 saturated carbocycles. The Bertz CT molecular complexity index is 747. The van der Waals surface area contributed by atoms with E-state index in [1.165, 1.54) is 24.4 Å². The molecule has 0 bridgehead atoms. The topological polar surface area (TPSA) is 63.9 Å². The third kappa shape index (κ3) is 2.54. The van der Waals surface area contributed by atoms with Gasteiger partial charge in [0.05, 0.1) is 12.2 Å². The number of aryl methyl sites for hydroxylation is 3. The van der Waals surface area contributed by atoms with E-state index in [4.69, 9.17) is 0 Å². The first-order valence-corrected chi connectivity index (χ1v) is 8.61. The van der Waals surface area contributed by atoms with Gasteiger partial charge in [0.1, 0.15) is 5.82 Å². The quantitative estimate of drug-likeness (QED) is 0.856. The largest absolute Gasteiger partial charge is 0.346 e. The summed E-state index contributed by atoms with van der Waals surface area (Å²) in [6, 6.07) is 1.80. The molecule has 2 aliphatic rings. The summed E-state index contributed by atoms with van der Waals surface area (Å²) in [6.07, 6.45) is 4.38. The first-order valence-electron chi connectivity index (χ1n) is 7.84. The van der Waals surface area contributed by atoms with E-state index >= 15 is 0 Å². The fourth-order valence-corrected chi connectivity index (χ4v) is 3.92. The summed E-state index contributed by atoms with van der Waals surface area (Å²) in [4.78, 5) is 18.8. The molecule has 0 amide bonds. The average molecular weight is 317 g/mol. The molecule has 22 heavy (non-hydrogen) atoms. The van der Waals surface area contributed by atoms with Crippen LogP contribution in [0.2, 0.25) is 0 Å². The van der Waals surface area contributed by atoms with E-state index in [9.17, 15) is 4.79 Å². The number of rotatable bonds is 3. The fourth-order valence-electron chi connectivity index (χ4n) is 3.23. The second kappa shape index (κ2) is 5.46. The van der Waals surface area contributed by atoms with Crippen LogP contribution < -0.4 is 10.5 Å². The van der Waals surface area contributed by atoms with Crippen molar-refractivity contribution in [1.82, 2.24) is 19.1 Å². The van der Waals surface area contributed by atoms with Gasteiger partial charge in [-0.1, -0.05) is 0 Å². The Hall–Kier alpha value is -1.76. The molecule has 6 nitrogen and oxygen atoms in total. The fraction of sp³-hybridized carbons (Fsp3) is 0.600. The Morgan fingerprint density at radius 2 is 2.14 bits per heavy atom. The van der Waals surface area contributed by atoms with Crippen LogP contribution in [0.5, 0.6) is 0 Å². The molecule has 0 radical (unpaired) electrons. The lowest BCUT2D eigenvalue weighted by molar-refractivity contribution is 0.331. The molecular weight excluding hydrogens is 298 g/mol. The van der Waals surface area contributed by atoms with Gasteiger partial charge in [-0.3, -0.25) is 4.79 Å². The highest BCUT2D eigenvalue weighted by Gasteiger charge is 2.30. The van der Waals surface area contributed by atoms with Crippen LogP contribution >= 0.6 is 11.5 Å². The van der Waals surface area contributed by atoms with E-state index in [0.29, 0.717) is 12.5 Å². The molecular formula is C15H19N5OS. The third-order valence-electron chi connectivity index (χ3n) is 4.45. The smallest absolute Gasteiger partial charge is 0.267 e. The van der Waals surface area contributed by atoms with Crippen molar-refractivity contribution in [2.24, 2.45) is 5.92 Å². The summed E-state index contributed by atoms with van der Waals surface area (Å²) in [7, 11) is 0. The van der Waals surface area contributed by atoms with Crippen LogP contribution in [-0.2, 0) is 19.4 Å². The number of anilines is 1. The monoisotopic (exact) mass is 317 g/mol. The van der Waals surface area contributed by atoms with Crippen molar-refractivity contribution in [3.05, 3.63) is 33.5 Å². The van der Waals surface area contributed by atoms with E-state index in [1.807, 2.05) is 6.92 Å². The van der Waals surface area contributed by atoms with Crippen LogP contribution in [0.15, 0.2) is 10.9 Å². The molecule has 0 atom stereocenters. The maximum absolute atomic E-state index is 12.2. The van der Waals surface area contributed by atoms with E-state index in [2.05, 4.69) is 19.4 Å². The highest BCUT2D eigenvalue weighted by Crippen LogP contribution is 2.26. The molecule has 4 rings (SSSR count). The summed E-state index contributed by atoms with van der Waals surface area (Å²) < 4.78 is 5.88. The standard InChI is InChI=1S/C15H19N5OS/c1-10-16-15(22-18-10)19-7-11(8-19)9-20-14(21)6-12-4-2-3-5-13(12)17-20/h6,11H,2-5,7-9H2,1H3. The van der Waals surface area contributed by atoms with E-state index in [1.54, 1.807) is 10.7 Å². The first kappa shape index (κ1) is 13.9. The van der Waals surface area contributed by atoms with Crippen molar-refractivity contribution in [1.29, 1.82) is 0 Å². The van der Waals surface area contributed by atoms with Crippen molar-refractivity contribution in [2.45, 2.75) is 39.2 Å². The molecule has 2 aromatic heterocycles. The molecule has 0 aromatic carbocycles. The Balaban J connectivity index is 1.43. The van der Waals surface area contributed by atoms with E-state index in [-0.39, 0.29) is 5.56 Å². The van der Waals surface area contributed by atoms with Gasteiger partial charge in [0.25, 0.3) is 5.56 Å². The summed E-state index contributed by atoms with van der Waals surface area (Å²) >= 11 is 1.44. The maximum atomic E-state index is 12.2. The van der Waals surface area contributed by atoms with Gasteiger partial charge in [-0.2, -0.15) is 9.47 Å². The number of hydrogen-bond acceptors (Lipinski definition) is 6. The molecule has 0 N–H and O–H groups in total. The molecule has 1 aliphatic carbocycles. The SMILES string of the molecule is Cc1nsc(N2CC(Cn3nc4c(cc3=O)CCCC4)C2)n1. The van der Waals surface area contributed by atoms with Crippen LogP contribution in [0.4, 0.5) is 5.13 Å². The second-order valence-electron chi connectivity index (χ2n) is 6.24. The zero-order valence-electron chi connectivity index (χ0n) is 12.7. The Morgan fingerprint density at radius 3 is 2.91 bits per heavy atom. The Kier molecular flexibility index (Phi) is 3.44. The van der Waals surface area contributed by atoms with Crippen LogP contribution in [0, 0.1) is 12.8 Å². The van der Waals surface area contributed by atoms with Gasteiger partial charge in [0, 0.05) is 36.6 Å². The number of hydrogen-bond donors (Lipinski definition) is 0. The van der Waals surface area contributed by atoms with Crippen LogP contribution in [0.1, 0.15) is 29.9 Å². The summed E-state index contributed by atoms with van der Waals surface area (Å²) in [5.74, 6) is 1.30. The van der Waals surface area contributed by atoms with Gasteiger partial charge in [-0.05, 0) is 38.2 Å². The van der Waals surface area contributed by atoms with E-state index in [0.717, 1.165) is 48.1 Å². The predicted octanol–water partition coefficient (Wildman–Crippen LogP) is 1.42. The zero-order valence-corrected chi connectivity index (χ0v) is 13.5. The summed E-state index contributed by atoms with van der Waals surface area (Å²) in [5.41, 5.74) is 2.33. The summed E-state index contributed by atoms with van der Waals surface area (Å²) in [6.45, 7) is 4.48. The minimum atomic E-state index is 0.0471. The van der Waals surface area contributed by atoms with Crippen molar-refractivity contribution in [3.8, 4) is 0 Å². The molecule has 0 spiro atoms. The number of nitrogens with zero attached hydrogens (tertiary/aromatic N) is 5. The van der Waals surface area contributed by atoms with E-state index < -0.39 is 0 Å². The first-order chi connectivity index (χ1) is 10.7. The normalized spacial score (nSPS) is 18.1. The lowest BCUT2D eigenvalue weighted by Crippen LogP contribution is -2.49. The highest BCUT2D eigenvalue weighted by atomic mass is 32.1.